The molecule has 0 bridgehead atoms. The van der Waals surface area contributed by atoms with Gasteiger partial charge in [-0.2, -0.15) is 0 Å². The highest BCUT2D eigenvalue weighted by molar-refractivity contribution is 6.30. The van der Waals surface area contributed by atoms with Gasteiger partial charge in [-0.25, -0.2) is 14.4 Å². The van der Waals surface area contributed by atoms with Crippen molar-refractivity contribution < 1.29 is 9.13 Å². The Kier molecular flexibility index (Phi) is 8.03. The Balaban J connectivity index is 1.37. The van der Waals surface area contributed by atoms with E-state index in [0.29, 0.717) is 16.8 Å². The standard InChI is InChI=1S/C28H28ClFN2O/c1-33-16-2-3-22-18-31-27(32-19-22)15-8-21-7-14-26-24(17-21)11-10-23(28(26)30)9-4-20-5-12-25(29)13-6-20/h5-7,10-14,17-19H,2-4,8-9,15-16H2,1H3. The van der Waals surface area contributed by atoms with Gasteiger partial charge in [-0.15, -0.1) is 0 Å². The summed E-state index contributed by atoms with van der Waals surface area (Å²) < 4.78 is 20.2. The van der Waals surface area contributed by atoms with E-state index in [0.717, 1.165) is 72.2 Å². The number of benzene rings is 3. The quantitative estimate of drug-likeness (QED) is 0.250. The Hall–Kier alpha value is -2.82. The maximum Gasteiger partial charge on any atom is 0.134 e. The predicted molar refractivity (Wildman–Crippen MR) is 132 cm³/mol. The predicted octanol–water partition coefficient (Wildman–Crippen LogP) is 6.57. The fraction of sp³-hybridized carbons (Fsp3) is 0.286. The van der Waals surface area contributed by atoms with Crippen molar-refractivity contribution in [2.24, 2.45) is 0 Å². The van der Waals surface area contributed by atoms with E-state index in [9.17, 15) is 0 Å². The largest absolute Gasteiger partial charge is 0.385 e. The van der Waals surface area contributed by atoms with Gasteiger partial charge < -0.3 is 4.74 Å². The molecule has 4 aromatic rings. The van der Waals surface area contributed by atoms with Crippen molar-refractivity contribution in [3.8, 4) is 0 Å². The molecule has 1 heterocycles. The Labute approximate surface area is 199 Å². The van der Waals surface area contributed by atoms with E-state index >= 15 is 4.39 Å². The third-order valence-corrected chi connectivity index (χ3v) is 6.16. The summed E-state index contributed by atoms with van der Waals surface area (Å²) in [7, 11) is 1.71. The van der Waals surface area contributed by atoms with Crippen LogP contribution in [0.15, 0.2) is 67.0 Å². The number of aromatic nitrogens is 2. The minimum atomic E-state index is -0.125. The number of halogens is 2. The number of ether oxygens (including phenoxy) is 1. The van der Waals surface area contributed by atoms with Gasteiger partial charge in [0.05, 0.1) is 0 Å². The number of aryl methyl sites for hydroxylation is 5. The fourth-order valence-electron chi connectivity index (χ4n) is 3.98. The van der Waals surface area contributed by atoms with Gasteiger partial charge >= 0.3 is 0 Å². The van der Waals surface area contributed by atoms with Crippen LogP contribution in [0.2, 0.25) is 5.02 Å². The second kappa shape index (κ2) is 11.4. The first kappa shape index (κ1) is 23.3. The minimum Gasteiger partial charge on any atom is -0.385 e. The molecule has 1 aromatic heterocycles. The van der Waals surface area contributed by atoms with E-state index in [-0.39, 0.29) is 5.82 Å². The molecule has 0 atom stereocenters. The molecule has 0 radical (unpaired) electrons. The monoisotopic (exact) mass is 462 g/mol. The van der Waals surface area contributed by atoms with Crippen LogP contribution in [0, 0.1) is 5.82 Å². The molecule has 0 aliphatic heterocycles. The first-order chi connectivity index (χ1) is 16.1. The minimum absolute atomic E-state index is 0.125. The van der Waals surface area contributed by atoms with Gasteiger partial charge in [0.15, 0.2) is 0 Å². The first-order valence-electron chi connectivity index (χ1n) is 11.4. The van der Waals surface area contributed by atoms with Crippen LogP contribution in [0.25, 0.3) is 10.8 Å². The van der Waals surface area contributed by atoms with Crippen molar-refractivity contribution in [3.05, 3.63) is 106 Å². The van der Waals surface area contributed by atoms with Crippen LogP contribution >= 0.6 is 11.6 Å². The second-order valence-corrected chi connectivity index (χ2v) is 8.76. The van der Waals surface area contributed by atoms with Crippen molar-refractivity contribution in [3.63, 3.8) is 0 Å². The SMILES string of the molecule is COCCCc1cnc(CCc2ccc3c(F)c(CCc4ccc(Cl)cc4)ccc3c2)nc1. The number of hydrogen-bond acceptors (Lipinski definition) is 3. The van der Waals surface area contributed by atoms with Gasteiger partial charge in [0.1, 0.15) is 11.6 Å². The van der Waals surface area contributed by atoms with E-state index in [4.69, 9.17) is 16.3 Å². The zero-order valence-electron chi connectivity index (χ0n) is 18.9. The molecule has 0 saturated heterocycles. The maximum atomic E-state index is 15.1. The molecule has 0 amide bonds. The first-order valence-corrected chi connectivity index (χ1v) is 11.7. The molecular formula is C28H28ClFN2O. The normalized spacial score (nSPS) is 11.2. The van der Waals surface area contributed by atoms with Crippen molar-refractivity contribution in [1.82, 2.24) is 9.97 Å². The molecule has 0 aliphatic rings. The number of nitrogens with zero attached hydrogens (tertiary/aromatic N) is 2. The van der Waals surface area contributed by atoms with E-state index in [1.165, 1.54) is 0 Å². The molecule has 5 heteroatoms. The Morgan fingerprint density at radius 1 is 0.788 bits per heavy atom. The van der Waals surface area contributed by atoms with E-state index in [1.807, 2.05) is 60.9 Å². The summed E-state index contributed by atoms with van der Waals surface area (Å²) in [6.07, 6.45) is 8.71. The highest BCUT2D eigenvalue weighted by Crippen LogP contribution is 2.24. The maximum absolute atomic E-state index is 15.1. The van der Waals surface area contributed by atoms with Gasteiger partial charge in [-0.3, -0.25) is 0 Å². The zero-order chi connectivity index (χ0) is 23.0. The van der Waals surface area contributed by atoms with Gasteiger partial charge in [0, 0.05) is 42.9 Å². The highest BCUT2D eigenvalue weighted by atomic mass is 35.5. The molecule has 4 rings (SSSR count). The molecule has 0 aliphatic carbocycles. The van der Waals surface area contributed by atoms with Crippen molar-refractivity contribution in [2.75, 3.05) is 13.7 Å². The zero-order valence-corrected chi connectivity index (χ0v) is 19.6. The molecular weight excluding hydrogens is 435 g/mol. The molecule has 0 fully saturated rings. The molecule has 0 saturated carbocycles. The number of methoxy groups -OCH3 is 1. The van der Waals surface area contributed by atoms with Crippen LogP contribution in [0.5, 0.6) is 0 Å². The summed E-state index contributed by atoms with van der Waals surface area (Å²) in [5.41, 5.74) is 4.18. The number of fused-ring (bicyclic) bond motifs is 1. The van der Waals surface area contributed by atoms with Gasteiger partial charge in [-0.05, 0) is 71.9 Å². The molecule has 3 aromatic carbocycles. The average Bonchev–Trinajstić information content (AvgIpc) is 2.84. The lowest BCUT2D eigenvalue weighted by atomic mass is 9.98. The molecule has 170 valence electrons. The van der Waals surface area contributed by atoms with Crippen LogP contribution in [0.1, 0.15) is 34.5 Å². The van der Waals surface area contributed by atoms with Crippen LogP contribution in [0.4, 0.5) is 4.39 Å². The lowest BCUT2D eigenvalue weighted by molar-refractivity contribution is 0.195. The Morgan fingerprint density at radius 3 is 2.27 bits per heavy atom. The van der Waals surface area contributed by atoms with Crippen molar-refractivity contribution in [1.29, 1.82) is 0 Å². The van der Waals surface area contributed by atoms with E-state index in [2.05, 4.69) is 16.0 Å². The lowest BCUT2D eigenvalue weighted by Gasteiger charge is -2.09. The van der Waals surface area contributed by atoms with E-state index < -0.39 is 0 Å². The second-order valence-electron chi connectivity index (χ2n) is 8.32. The Morgan fingerprint density at radius 2 is 1.52 bits per heavy atom. The summed E-state index contributed by atoms with van der Waals surface area (Å²) in [5.74, 6) is 0.703. The average molecular weight is 463 g/mol. The summed E-state index contributed by atoms with van der Waals surface area (Å²) in [5, 5.41) is 2.31. The van der Waals surface area contributed by atoms with Gasteiger partial charge in [0.2, 0.25) is 0 Å². The Bertz CT molecular complexity index is 1190. The fourth-order valence-corrected chi connectivity index (χ4v) is 4.11. The summed E-state index contributed by atoms with van der Waals surface area (Å²) in [6, 6.07) is 17.6. The van der Waals surface area contributed by atoms with Crippen molar-refractivity contribution >= 4 is 22.4 Å². The summed E-state index contributed by atoms with van der Waals surface area (Å²) >= 11 is 5.95. The van der Waals surface area contributed by atoms with Crippen LogP contribution in [-0.2, 0) is 36.8 Å². The third-order valence-electron chi connectivity index (χ3n) is 5.90. The van der Waals surface area contributed by atoms with Gasteiger partial charge in [-0.1, -0.05) is 54.1 Å². The van der Waals surface area contributed by atoms with Crippen LogP contribution < -0.4 is 0 Å². The molecule has 3 nitrogen and oxygen atoms in total. The lowest BCUT2D eigenvalue weighted by Crippen LogP contribution is -2.01. The molecule has 0 spiro atoms. The van der Waals surface area contributed by atoms with E-state index in [1.54, 1.807) is 7.11 Å². The highest BCUT2D eigenvalue weighted by Gasteiger charge is 2.09. The number of rotatable bonds is 10. The third kappa shape index (κ3) is 6.37. The molecule has 0 N–H and O–H groups in total. The van der Waals surface area contributed by atoms with Gasteiger partial charge in [0.25, 0.3) is 0 Å². The van der Waals surface area contributed by atoms with Crippen LogP contribution in [-0.4, -0.2) is 23.7 Å². The molecule has 33 heavy (non-hydrogen) atoms. The summed E-state index contributed by atoms with van der Waals surface area (Å²) in [6.45, 7) is 0.744. The van der Waals surface area contributed by atoms with Crippen LogP contribution in [0.3, 0.4) is 0 Å². The summed E-state index contributed by atoms with van der Waals surface area (Å²) in [4.78, 5) is 8.98. The smallest absolute Gasteiger partial charge is 0.134 e. The van der Waals surface area contributed by atoms with Crippen molar-refractivity contribution in [2.45, 2.75) is 38.5 Å². The number of hydrogen-bond donors (Lipinski definition) is 0. The molecule has 0 unspecified atom stereocenters. The topological polar surface area (TPSA) is 35.0 Å².